The number of carbonyl (C=O) groups is 1. The van der Waals surface area contributed by atoms with Crippen LogP contribution >= 0.6 is 34.5 Å². The van der Waals surface area contributed by atoms with Crippen LogP contribution in [0.3, 0.4) is 0 Å². The maximum atomic E-state index is 13.9. The van der Waals surface area contributed by atoms with E-state index in [1.807, 2.05) is 87.5 Å². The summed E-state index contributed by atoms with van der Waals surface area (Å²) in [6.07, 6.45) is 1.84. The highest BCUT2D eigenvalue weighted by molar-refractivity contribution is 7.07. The summed E-state index contributed by atoms with van der Waals surface area (Å²) >= 11 is 13.7. The van der Waals surface area contributed by atoms with E-state index in [0.717, 1.165) is 16.7 Å². The molecule has 1 amide bonds. The summed E-state index contributed by atoms with van der Waals surface area (Å²) < 4.78 is 8.05. The monoisotopic (exact) mass is 605 g/mol. The minimum Gasteiger partial charge on any atom is -0.489 e. The summed E-state index contributed by atoms with van der Waals surface area (Å²) in [6.45, 7) is 7.19. The molecule has 0 aliphatic carbocycles. The van der Waals surface area contributed by atoms with Gasteiger partial charge in [-0.3, -0.25) is 14.2 Å². The highest BCUT2D eigenvalue weighted by Crippen LogP contribution is 2.32. The molecule has 0 saturated heterocycles. The van der Waals surface area contributed by atoms with Crippen molar-refractivity contribution >= 4 is 46.5 Å². The molecule has 2 heterocycles. The summed E-state index contributed by atoms with van der Waals surface area (Å²) in [5.74, 6) is 0.569. The molecule has 3 aromatic carbocycles. The number of fused-ring (bicyclic) bond motifs is 1. The number of thiazole rings is 1. The average Bonchev–Trinajstić information content (AvgIpc) is 3.27. The van der Waals surface area contributed by atoms with Gasteiger partial charge in [-0.2, -0.15) is 0 Å². The first-order valence-electron chi connectivity index (χ1n) is 13.3. The van der Waals surface area contributed by atoms with Gasteiger partial charge in [0.05, 0.1) is 21.8 Å². The van der Waals surface area contributed by atoms with E-state index in [0.29, 0.717) is 56.1 Å². The lowest BCUT2D eigenvalue weighted by Crippen LogP contribution is -2.43. The third-order valence-corrected chi connectivity index (χ3v) is 8.62. The van der Waals surface area contributed by atoms with Crippen LogP contribution in [-0.4, -0.2) is 28.5 Å². The normalized spacial score (nSPS) is 15.0. The van der Waals surface area contributed by atoms with Crippen LogP contribution in [0, 0.1) is 0 Å². The van der Waals surface area contributed by atoms with E-state index >= 15 is 0 Å². The molecular formula is C32H29Cl2N3O3S. The smallest absolute Gasteiger partial charge is 0.271 e. The Balaban J connectivity index is 1.51. The van der Waals surface area contributed by atoms with Gasteiger partial charge in [-0.05, 0) is 68.3 Å². The molecule has 0 spiro atoms. The summed E-state index contributed by atoms with van der Waals surface area (Å²) in [6, 6.07) is 21.7. The van der Waals surface area contributed by atoms with E-state index in [1.165, 1.54) is 11.3 Å². The number of halogens is 2. The third-order valence-electron chi connectivity index (χ3n) is 7.02. The maximum Gasteiger partial charge on any atom is 0.271 e. The van der Waals surface area contributed by atoms with Gasteiger partial charge in [-0.15, -0.1) is 0 Å². The number of rotatable bonds is 8. The first-order chi connectivity index (χ1) is 19.8. The first kappa shape index (κ1) is 28.9. The van der Waals surface area contributed by atoms with Crippen LogP contribution < -0.4 is 19.6 Å². The molecular weight excluding hydrogens is 577 g/mol. The van der Waals surface area contributed by atoms with Crippen LogP contribution in [0.25, 0.3) is 6.08 Å². The zero-order valence-electron chi connectivity index (χ0n) is 22.9. The van der Waals surface area contributed by atoms with Crippen molar-refractivity contribution in [3.8, 4) is 5.75 Å². The highest BCUT2D eigenvalue weighted by atomic mass is 35.5. The quantitative estimate of drug-likeness (QED) is 0.248. The van der Waals surface area contributed by atoms with Crippen molar-refractivity contribution in [2.24, 2.45) is 4.99 Å². The minimum atomic E-state index is -0.612. The molecule has 41 heavy (non-hydrogen) atoms. The van der Waals surface area contributed by atoms with Crippen molar-refractivity contribution in [1.29, 1.82) is 0 Å². The van der Waals surface area contributed by atoms with E-state index in [2.05, 4.69) is 0 Å². The van der Waals surface area contributed by atoms with Crippen molar-refractivity contribution in [3.63, 3.8) is 0 Å². The number of ether oxygens (including phenoxy) is 1. The van der Waals surface area contributed by atoms with Crippen LogP contribution in [0.4, 0.5) is 0 Å². The molecule has 9 heteroatoms. The van der Waals surface area contributed by atoms with Gasteiger partial charge in [0.25, 0.3) is 11.5 Å². The fourth-order valence-electron chi connectivity index (χ4n) is 4.82. The molecule has 0 bridgehead atoms. The molecule has 1 aliphatic heterocycles. The van der Waals surface area contributed by atoms with E-state index in [-0.39, 0.29) is 11.5 Å². The Kier molecular flexibility index (Phi) is 8.78. The largest absolute Gasteiger partial charge is 0.489 e. The Bertz CT molecular complexity index is 1790. The molecule has 0 unspecified atom stereocenters. The van der Waals surface area contributed by atoms with Gasteiger partial charge in [-0.1, -0.05) is 77.0 Å². The molecule has 1 aromatic heterocycles. The first-order valence-corrected chi connectivity index (χ1v) is 14.9. The number of amides is 1. The number of nitrogens with zero attached hydrogens (tertiary/aromatic N) is 3. The minimum absolute atomic E-state index is 0.127. The molecule has 0 radical (unpaired) electrons. The lowest BCUT2D eigenvalue weighted by molar-refractivity contribution is -0.127. The van der Waals surface area contributed by atoms with Gasteiger partial charge in [0.2, 0.25) is 0 Å². The Hall–Kier alpha value is -3.65. The Morgan fingerprint density at radius 1 is 1.02 bits per heavy atom. The third kappa shape index (κ3) is 6.03. The van der Waals surface area contributed by atoms with Crippen molar-refractivity contribution < 1.29 is 9.53 Å². The van der Waals surface area contributed by atoms with Crippen LogP contribution in [0.1, 0.15) is 43.5 Å². The molecule has 5 rings (SSSR count). The fourth-order valence-corrected chi connectivity index (χ4v) is 6.19. The number of hydrogen-bond acceptors (Lipinski definition) is 5. The van der Waals surface area contributed by atoms with Crippen molar-refractivity contribution in [2.75, 3.05) is 13.1 Å². The van der Waals surface area contributed by atoms with Crippen LogP contribution in [-0.2, 0) is 11.4 Å². The maximum absolute atomic E-state index is 13.9. The topological polar surface area (TPSA) is 63.9 Å². The predicted octanol–water partition coefficient (Wildman–Crippen LogP) is 5.99. The molecule has 0 fully saturated rings. The number of allylic oxidation sites excluding steroid dienone is 1. The van der Waals surface area contributed by atoms with Gasteiger partial charge >= 0.3 is 0 Å². The van der Waals surface area contributed by atoms with Gasteiger partial charge in [-0.25, -0.2) is 4.99 Å². The molecule has 0 saturated carbocycles. The van der Waals surface area contributed by atoms with E-state index in [4.69, 9.17) is 32.9 Å². The summed E-state index contributed by atoms with van der Waals surface area (Å²) in [5.41, 5.74) is 3.45. The Morgan fingerprint density at radius 3 is 2.37 bits per heavy atom. The Morgan fingerprint density at radius 2 is 1.71 bits per heavy atom. The van der Waals surface area contributed by atoms with E-state index in [9.17, 15) is 9.59 Å². The number of benzene rings is 3. The summed E-state index contributed by atoms with van der Waals surface area (Å²) in [7, 11) is 0. The number of aromatic nitrogens is 1. The molecule has 6 nitrogen and oxygen atoms in total. The van der Waals surface area contributed by atoms with Crippen LogP contribution in [0.5, 0.6) is 5.75 Å². The molecule has 0 N–H and O–H groups in total. The van der Waals surface area contributed by atoms with Crippen molar-refractivity contribution in [3.05, 3.63) is 130 Å². The molecule has 1 atom stereocenters. The second kappa shape index (κ2) is 12.5. The molecule has 1 aliphatic rings. The zero-order valence-corrected chi connectivity index (χ0v) is 25.3. The number of likely N-dealkylation sites (N-methyl/N-ethyl adjacent to an activating group) is 1. The number of hydrogen-bond donors (Lipinski definition) is 0. The van der Waals surface area contributed by atoms with Gasteiger partial charge < -0.3 is 9.64 Å². The van der Waals surface area contributed by atoms with Gasteiger partial charge in [0.15, 0.2) is 4.80 Å². The van der Waals surface area contributed by atoms with E-state index in [1.54, 1.807) is 21.6 Å². The van der Waals surface area contributed by atoms with Gasteiger partial charge in [0.1, 0.15) is 12.4 Å². The highest BCUT2D eigenvalue weighted by Gasteiger charge is 2.34. The zero-order chi connectivity index (χ0) is 29.1. The van der Waals surface area contributed by atoms with Crippen molar-refractivity contribution in [2.45, 2.75) is 33.4 Å². The standard InChI is InChI=1S/C32H29Cl2N3O3S/c1-4-36(5-2)31(39)28-20(3)35-32-37(29(28)22-12-14-24(33)15-13-22)30(38)27(41-32)18-21-10-16-25(17-11-21)40-19-23-8-6-7-9-26(23)34/h6-18,29H,4-5,19H2,1-3H3/b27-18+/t29-/m1/s1. The van der Waals surface area contributed by atoms with Crippen LogP contribution in [0.2, 0.25) is 10.0 Å². The average molecular weight is 607 g/mol. The van der Waals surface area contributed by atoms with Gasteiger partial charge in [0, 0.05) is 28.7 Å². The lowest BCUT2D eigenvalue weighted by Gasteiger charge is -2.29. The number of carbonyl (C=O) groups excluding carboxylic acids is 1. The molecule has 210 valence electrons. The van der Waals surface area contributed by atoms with E-state index < -0.39 is 6.04 Å². The fraction of sp³-hybridized carbons (Fsp3) is 0.219. The summed E-state index contributed by atoms with van der Waals surface area (Å²) in [5, 5.41) is 1.24. The predicted molar refractivity (Wildman–Crippen MR) is 165 cm³/mol. The van der Waals surface area contributed by atoms with Crippen molar-refractivity contribution in [1.82, 2.24) is 9.47 Å². The SMILES string of the molecule is CCN(CC)C(=O)C1=C(C)N=c2s/c(=C/c3ccc(OCc4ccccc4Cl)cc3)c(=O)n2[C@@H]1c1ccc(Cl)cc1. The van der Waals surface area contributed by atoms with Crippen LogP contribution in [0.15, 0.2) is 93.9 Å². The second-order valence-electron chi connectivity index (χ2n) is 9.56. The lowest BCUT2D eigenvalue weighted by atomic mass is 9.94. The Labute approximate surface area is 252 Å². The second-order valence-corrected chi connectivity index (χ2v) is 11.4. The summed E-state index contributed by atoms with van der Waals surface area (Å²) in [4.78, 5) is 34.6. The molecule has 4 aromatic rings.